The molecule has 0 heterocycles. The molecule has 0 aliphatic heterocycles. The third-order valence-electron chi connectivity index (χ3n) is 2.97. The van der Waals surface area contributed by atoms with Crippen LogP contribution in [0.1, 0.15) is 38.5 Å². The summed E-state index contributed by atoms with van der Waals surface area (Å²) in [6, 6.07) is 0. The van der Waals surface area contributed by atoms with E-state index in [2.05, 4.69) is 0 Å². The summed E-state index contributed by atoms with van der Waals surface area (Å²) in [5.74, 6) is 0.917. The standard InChI is InChI=1S/C8H15N/c9-8-5-3-1-2-4-7(8)6-8/h7H,1-6,9H2/t7?,8-/m0/s1. The zero-order valence-corrected chi connectivity index (χ0v) is 5.90. The number of hydrogen-bond donors (Lipinski definition) is 1. The first-order chi connectivity index (χ1) is 4.31. The fourth-order valence-electron chi connectivity index (χ4n) is 2.12. The molecule has 0 bridgehead atoms. The van der Waals surface area contributed by atoms with Crippen LogP contribution in [-0.4, -0.2) is 5.54 Å². The highest BCUT2D eigenvalue weighted by atomic mass is 14.9. The maximum atomic E-state index is 6.05. The lowest BCUT2D eigenvalue weighted by Crippen LogP contribution is -2.23. The van der Waals surface area contributed by atoms with Crippen molar-refractivity contribution < 1.29 is 0 Å². The normalized spacial score (nSPS) is 49.7. The Bertz CT molecular complexity index is 122. The summed E-state index contributed by atoms with van der Waals surface area (Å²) in [5, 5.41) is 0. The van der Waals surface area contributed by atoms with Crippen molar-refractivity contribution in [2.45, 2.75) is 44.1 Å². The van der Waals surface area contributed by atoms with E-state index in [1.54, 1.807) is 0 Å². The van der Waals surface area contributed by atoms with E-state index in [4.69, 9.17) is 5.73 Å². The summed E-state index contributed by atoms with van der Waals surface area (Å²) in [6.45, 7) is 0. The maximum Gasteiger partial charge on any atom is 0.0186 e. The molecule has 2 rings (SSSR count). The average molecular weight is 125 g/mol. The van der Waals surface area contributed by atoms with Crippen LogP contribution in [0.5, 0.6) is 0 Å². The highest BCUT2D eigenvalue weighted by molar-refractivity contribution is 5.08. The van der Waals surface area contributed by atoms with E-state index in [0.717, 1.165) is 5.92 Å². The van der Waals surface area contributed by atoms with Crippen LogP contribution in [0.4, 0.5) is 0 Å². The van der Waals surface area contributed by atoms with Gasteiger partial charge < -0.3 is 5.73 Å². The minimum Gasteiger partial charge on any atom is -0.325 e. The van der Waals surface area contributed by atoms with Gasteiger partial charge in [-0.25, -0.2) is 0 Å². The van der Waals surface area contributed by atoms with Crippen molar-refractivity contribution in [2.75, 3.05) is 0 Å². The zero-order valence-electron chi connectivity index (χ0n) is 5.90. The van der Waals surface area contributed by atoms with Crippen LogP contribution in [0.2, 0.25) is 0 Å². The fraction of sp³-hybridized carbons (Fsp3) is 1.00. The lowest BCUT2D eigenvalue weighted by atomic mass is 10.1. The Hall–Kier alpha value is -0.0400. The molecule has 2 N–H and O–H groups in total. The van der Waals surface area contributed by atoms with Gasteiger partial charge in [-0.2, -0.15) is 0 Å². The van der Waals surface area contributed by atoms with Crippen molar-refractivity contribution in [3.63, 3.8) is 0 Å². The SMILES string of the molecule is N[C@]12CCCCCC1C2. The van der Waals surface area contributed by atoms with Crippen LogP contribution >= 0.6 is 0 Å². The van der Waals surface area contributed by atoms with Gasteiger partial charge in [0.05, 0.1) is 0 Å². The van der Waals surface area contributed by atoms with E-state index >= 15 is 0 Å². The molecule has 2 fully saturated rings. The van der Waals surface area contributed by atoms with Crippen molar-refractivity contribution in [1.82, 2.24) is 0 Å². The Kier molecular flexibility index (Phi) is 1.10. The van der Waals surface area contributed by atoms with Gasteiger partial charge in [-0.15, -0.1) is 0 Å². The lowest BCUT2D eigenvalue weighted by molar-refractivity contribution is 0.556. The summed E-state index contributed by atoms with van der Waals surface area (Å²) in [6.07, 6.45) is 8.28. The first-order valence-corrected chi connectivity index (χ1v) is 4.10. The lowest BCUT2D eigenvalue weighted by Gasteiger charge is -2.05. The van der Waals surface area contributed by atoms with E-state index < -0.39 is 0 Å². The van der Waals surface area contributed by atoms with Crippen molar-refractivity contribution in [1.29, 1.82) is 0 Å². The number of rotatable bonds is 0. The van der Waals surface area contributed by atoms with Crippen molar-refractivity contribution in [2.24, 2.45) is 11.7 Å². The molecule has 0 aromatic rings. The minimum atomic E-state index is 0.330. The zero-order chi connectivity index (χ0) is 6.32. The van der Waals surface area contributed by atoms with Crippen molar-refractivity contribution >= 4 is 0 Å². The molecule has 0 saturated heterocycles. The van der Waals surface area contributed by atoms with Gasteiger partial charge in [0.1, 0.15) is 0 Å². The second-order valence-corrected chi connectivity index (χ2v) is 3.73. The third kappa shape index (κ3) is 0.877. The van der Waals surface area contributed by atoms with Crippen LogP contribution in [0.15, 0.2) is 0 Å². The Morgan fingerprint density at radius 3 is 3.00 bits per heavy atom. The predicted molar refractivity (Wildman–Crippen MR) is 38.1 cm³/mol. The molecule has 52 valence electrons. The van der Waals surface area contributed by atoms with Gasteiger partial charge in [-0.3, -0.25) is 0 Å². The van der Waals surface area contributed by atoms with E-state index in [1.165, 1.54) is 38.5 Å². The highest BCUT2D eigenvalue weighted by Gasteiger charge is 2.50. The largest absolute Gasteiger partial charge is 0.325 e. The monoisotopic (exact) mass is 125 g/mol. The van der Waals surface area contributed by atoms with Crippen LogP contribution < -0.4 is 5.73 Å². The van der Waals surface area contributed by atoms with Gasteiger partial charge in [0.15, 0.2) is 0 Å². The maximum absolute atomic E-state index is 6.05. The van der Waals surface area contributed by atoms with E-state index in [0.29, 0.717) is 5.54 Å². The van der Waals surface area contributed by atoms with Crippen molar-refractivity contribution in [3.05, 3.63) is 0 Å². The summed E-state index contributed by atoms with van der Waals surface area (Å²) >= 11 is 0. The fourth-order valence-corrected chi connectivity index (χ4v) is 2.12. The summed E-state index contributed by atoms with van der Waals surface area (Å²) in [7, 11) is 0. The molecule has 2 atom stereocenters. The van der Waals surface area contributed by atoms with Gasteiger partial charge in [0.25, 0.3) is 0 Å². The van der Waals surface area contributed by atoms with Crippen LogP contribution in [0, 0.1) is 5.92 Å². The number of fused-ring (bicyclic) bond motifs is 1. The van der Waals surface area contributed by atoms with Crippen LogP contribution in [0.25, 0.3) is 0 Å². The molecule has 0 aromatic carbocycles. The first kappa shape index (κ1) is 5.72. The average Bonchev–Trinajstić information content (AvgIpc) is 2.40. The number of nitrogens with two attached hydrogens (primary N) is 1. The third-order valence-corrected chi connectivity index (χ3v) is 2.97. The molecule has 0 radical (unpaired) electrons. The molecule has 1 unspecified atom stereocenters. The molecule has 1 nitrogen and oxygen atoms in total. The molecule has 0 aromatic heterocycles. The van der Waals surface area contributed by atoms with Crippen LogP contribution in [0.3, 0.4) is 0 Å². The minimum absolute atomic E-state index is 0.330. The van der Waals surface area contributed by atoms with Gasteiger partial charge in [0.2, 0.25) is 0 Å². The Morgan fingerprint density at radius 2 is 2.11 bits per heavy atom. The smallest absolute Gasteiger partial charge is 0.0186 e. The summed E-state index contributed by atoms with van der Waals surface area (Å²) in [4.78, 5) is 0. The molecule has 2 aliphatic carbocycles. The second kappa shape index (κ2) is 1.72. The Morgan fingerprint density at radius 1 is 1.22 bits per heavy atom. The molecule has 0 amide bonds. The first-order valence-electron chi connectivity index (χ1n) is 4.10. The van der Waals surface area contributed by atoms with Gasteiger partial charge in [-0.05, 0) is 25.2 Å². The predicted octanol–water partition coefficient (Wildman–Crippen LogP) is 1.67. The Balaban J connectivity index is 2.00. The highest BCUT2D eigenvalue weighted by Crippen LogP contribution is 2.49. The van der Waals surface area contributed by atoms with E-state index in [9.17, 15) is 0 Å². The molecular weight excluding hydrogens is 110 g/mol. The summed E-state index contributed by atoms with van der Waals surface area (Å²) < 4.78 is 0. The van der Waals surface area contributed by atoms with E-state index in [1.807, 2.05) is 0 Å². The van der Waals surface area contributed by atoms with Gasteiger partial charge >= 0.3 is 0 Å². The second-order valence-electron chi connectivity index (χ2n) is 3.73. The Labute approximate surface area is 56.6 Å². The van der Waals surface area contributed by atoms with E-state index in [-0.39, 0.29) is 0 Å². The summed E-state index contributed by atoms with van der Waals surface area (Å²) in [5.41, 5.74) is 6.38. The molecule has 1 heteroatoms. The molecule has 0 spiro atoms. The number of hydrogen-bond acceptors (Lipinski definition) is 1. The van der Waals surface area contributed by atoms with Gasteiger partial charge in [-0.1, -0.05) is 19.3 Å². The molecule has 2 aliphatic rings. The van der Waals surface area contributed by atoms with Crippen molar-refractivity contribution in [3.8, 4) is 0 Å². The quantitative estimate of drug-likeness (QED) is 0.523. The molecule has 9 heavy (non-hydrogen) atoms. The van der Waals surface area contributed by atoms with Gasteiger partial charge in [0, 0.05) is 5.54 Å². The topological polar surface area (TPSA) is 26.0 Å². The molecular formula is C8H15N. The molecule has 2 saturated carbocycles. The van der Waals surface area contributed by atoms with Crippen LogP contribution in [-0.2, 0) is 0 Å².